The van der Waals surface area contributed by atoms with Crippen LogP contribution in [0.25, 0.3) is 0 Å². The van der Waals surface area contributed by atoms with Crippen molar-refractivity contribution in [2.24, 2.45) is 5.92 Å². The molecule has 0 aliphatic heterocycles. The van der Waals surface area contributed by atoms with E-state index in [-0.39, 0.29) is 11.8 Å². The van der Waals surface area contributed by atoms with Gasteiger partial charge in [-0.25, -0.2) is 0 Å². The maximum atomic E-state index is 11.7. The van der Waals surface area contributed by atoms with Gasteiger partial charge < -0.3 is 4.90 Å². The second-order valence-electron chi connectivity index (χ2n) is 4.24. The molecule has 0 aromatic heterocycles. The smallest absolute Gasteiger partial charge is 0.225 e. The summed E-state index contributed by atoms with van der Waals surface area (Å²) >= 11 is 3.45. The zero-order valence-electron chi connectivity index (χ0n) is 8.90. The van der Waals surface area contributed by atoms with Gasteiger partial charge in [0.1, 0.15) is 0 Å². The van der Waals surface area contributed by atoms with Crippen LogP contribution in [0.4, 0.5) is 0 Å². The molecule has 1 aromatic rings. The third-order valence-corrected chi connectivity index (χ3v) is 3.32. The van der Waals surface area contributed by atoms with Crippen molar-refractivity contribution >= 4 is 21.8 Å². The van der Waals surface area contributed by atoms with Crippen LogP contribution < -0.4 is 0 Å². The van der Waals surface area contributed by atoms with Gasteiger partial charge in [-0.2, -0.15) is 0 Å². The molecule has 0 unspecified atom stereocenters. The fourth-order valence-electron chi connectivity index (χ4n) is 1.91. The number of amides is 1. The van der Waals surface area contributed by atoms with Crippen molar-refractivity contribution in [1.29, 1.82) is 0 Å². The van der Waals surface area contributed by atoms with Crippen LogP contribution in [0, 0.1) is 5.92 Å². The maximum Gasteiger partial charge on any atom is 0.225 e. The van der Waals surface area contributed by atoms with Crippen LogP contribution in [-0.4, -0.2) is 24.9 Å². The largest absolute Gasteiger partial charge is 0.349 e. The minimum Gasteiger partial charge on any atom is -0.349 e. The van der Waals surface area contributed by atoms with Crippen molar-refractivity contribution in [3.63, 3.8) is 0 Å². The summed E-state index contributed by atoms with van der Waals surface area (Å²) in [5, 5.41) is 0. The Morgan fingerprint density at radius 3 is 2.80 bits per heavy atom. The maximum absolute atomic E-state index is 11.7. The third-order valence-electron chi connectivity index (χ3n) is 2.83. The quantitative estimate of drug-likeness (QED) is 0.807. The topological polar surface area (TPSA) is 20.3 Å². The number of benzene rings is 1. The van der Waals surface area contributed by atoms with Crippen LogP contribution in [0.2, 0.25) is 0 Å². The van der Waals surface area contributed by atoms with E-state index < -0.39 is 0 Å². The van der Waals surface area contributed by atoms with Crippen molar-refractivity contribution in [2.75, 3.05) is 14.1 Å². The van der Waals surface area contributed by atoms with Gasteiger partial charge in [-0.1, -0.05) is 28.1 Å². The Morgan fingerprint density at radius 1 is 1.47 bits per heavy atom. The minimum absolute atomic E-state index is 0.203. The zero-order chi connectivity index (χ0) is 11.0. The molecule has 0 spiro atoms. The van der Waals surface area contributed by atoms with Crippen LogP contribution >= 0.6 is 15.9 Å². The molecular formula is C12H14BrNO. The third kappa shape index (κ3) is 2.23. The molecule has 1 saturated carbocycles. The molecule has 2 nitrogen and oxygen atoms in total. The Kier molecular flexibility index (Phi) is 2.83. The lowest BCUT2D eigenvalue weighted by Crippen LogP contribution is -2.23. The summed E-state index contributed by atoms with van der Waals surface area (Å²) in [6, 6.07) is 8.23. The molecule has 1 aromatic carbocycles. The fraction of sp³-hybridized carbons (Fsp3) is 0.417. The molecule has 2 atom stereocenters. The van der Waals surface area contributed by atoms with Crippen molar-refractivity contribution in [1.82, 2.24) is 4.90 Å². The number of carbonyl (C=O) groups is 1. The van der Waals surface area contributed by atoms with Gasteiger partial charge in [-0.3, -0.25) is 4.79 Å². The Morgan fingerprint density at radius 2 is 2.20 bits per heavy atom. The van der Waals surface area contributed by atoms with Gasteiger partial charge in [-0.05, 0) is 30.0 Å². The lowest BCUT2D eigenvalue weighted by atomic mass is 10.1. The molecule has 2 rings (SSSR count). The number of hydrogen-bond acceptors (Lipinski definition) is 1. The SMILES string of the molecule is CN(C)C(=O)[C@H]1C[C@H]1c1cccc(Br)c1. The highest BCUT2D eigenvalue weighted by Crippen LogP contribution is 2.48. The summed E-state index contributed by atoms with van der Waals surface area (Å²) in [6.45, 7) is 0. The number of rotatable bonds is 2. The van der Waals surface area contributed by atoms with E-state index in [4.69, 9.17) is 0 Å². The molecule has 0 saturated heterocycles. The van der Waals surface area contributed by atoms with E-state index in [1.165, 1.54) is 5.56 Å². The molecule has 0 heterocycles. The average molecular weight is 268 g/mol. The molecule has 15 heavy (non-hydrogen) atoms. The van der Waals surface area contributed by atoms with Gasteiger partial charge in [0.25, 0.3) is 0 Å². The Bertz CT molecular complexity index is 389. The van der Waals surface area contributed by atoms with Crippen LogP contribution in [-0.2, 0) is 4.79 Å². The fourth-order valence-corrected chi connectivity index (χ4v) is 2.32. The molecular weight excluding hydrogens is 254 g/mol. The predicted octanol–water partition coefficient (Wildman–Crippen LogP) is 2.64. The molecule has 1 fully saturated rings. The number of carbonyl (C=O) groups excluding carboxylic acids is 1. The second-order valence-corrected chi connectivity index (χ2v) is 5.15. The van der Waals surface area contributed by atoms with Gasteiger partial charge in [0.2, 0.25) is 5.91 Å². The first-order valence-corrected chi connectivity index (χ1v) is 5.85. The lowest BCUT2D eigenvalue weighted by Gasteiger charge is -2.09. The van der Waals surface area contributed by atoms with Crippen LogP contribution in [0.5, 0.6) is 0 Å². The first-order chi connectivity index (χ1) is 7.09. The van der Waals surface area contributed by atoms with Crippen LogP contribution in [0.15, 0.2) is 28.7 Å². The summed E-state index contributed by atoms with van der Waals surface area (Å²) < 4.78 is 1.09. The van der Waals surface area contributed by atoms with Gasteiger partial charge in [0.15, 0.2) is 0 Å². The van der Waals surface area contributed by atoms with Gasteiger partial charge in [-0.15, -0.1) is 0 Å². The number of halogens is 1. The van der Waals surface area contributed by atoms with Gasteiger partial charge in [0.05, 0.1) is 0 Å². The molecule has 0 bridgehead atoms. The molecule has 80 valence electrons. The highest BCUT2D eigenvalue weighted by atomic mass is 79.9. The molecule has 0 N–H and O–H groups in total. The Balaban J connectivity index is 2.08. The highest BCUT2D eigenvalue weighted by Gasteiger charge is 2.44. The Hall–Kier alpha value is -0.830. The summed E-state index contributed by atoms with van der Waals surface area (Å²) in [4.78, 5) is 13.4. The monoisotopic (exact) mass is 267 g/mol. The summed E-state index contributed by atoms with van der Waals surface area (Å²) in [5.74, 6) is 0.881. The highest BCUT2D eigenvalue weighted by molar-refractivity contribution is 9.10. The van der Waals surface area contributed by atoms with E-state index in [0.717, 1.165) is 10.9 Å². The van der Waals surface area contributed by atoms with E-state index in [9.17, 15) is 4.79 Å². The molecule has 1 aliphatic rings. The Labute approximate surface area is 98.4 Å². The van der Waals surface area contributed by atoms with Crippen molar-refractivity contribution in [2.45, 2.75) is 12.3 Å². The lowest BCUT2D eigenvalue weighted by molar-refractivity contribution is -0.130. The first-order valence-electron chi connectivity index (χ1n) is 5.06. The number of nitrogens with zero attached hydrogens (tertiary/aromatic N) is 1. The molecule has 0 radical (unpaired) electrons. The van der Waals surface area contributed by atoms with Crippen molar-refractivity contribution in [3.05, 3.63) is 34.3 Å². The minimum atomic E-state index is 0.203. The summed E-state index contributed by atoms with van der Waals surface area (Å²) in [6.07, 6.45) is 0.994. The van der Waals surface area contributed by atoms with Crippen LogP contribution in [0.3, 0.4) is 0 Å². The predicted molar refractivity (Wildman–Crippen MR) is 63.7 cm³/mol. The van der Waals surface area contributed by atoms with Gasteiger partial charge >= 0.3 is 0 Å². The molecule has 1 amide bonds. The normalized spacial score (nSPS) is 23.7. The van der Waals surface area contributed by atoms with E-state index >= 15 is 0 Å². The van der Waals surface area contributed by atoms with Crippen molar-refractivity contribution in [3.8, 4) is 0 Å². The van der Waals surface area contributed by atoms with Gasteiger partial charge in [0, 0.05) is 24.5 Å². The van der Waals surface area contributed by atoms with Crippen LogP contribution in [0.1, 0.15) is 17.9 Å². The van der Waals surface area contributed by atoms with E-state index in [2.05, 4.69) is 28.1 Å². The number of hydrogen-bond donors (Lipinski definition) is 0. The van der Waals surface area contributed by atoms with E-state index in [0.29, 0.717) is 5.92 Å². The summed E-state index contributed by atoms with van der Waals surface area (Å²) in [5.41, 5.74) is 1.27. The van der Waals surface area contributed by atoms with Crippen molar-refractivity contribution < 1.29 is 4.79 Å². The van der Waals surface area contributed by atoms with E-state index in [1.807, 2.05) is 26.2 Å². The summed E-state index contributed by atoms with van der Waals surface area (Å²) in [7, 11) is 3.64. The molecule has 1 aliphatic carbocycles. The first kappa shape index (κ1) is 10.7. The molecule has 3 heteroatoms. The van der Waals surface area contributed by atoms with E-state index in [1.54, 1.807) is 4.90 Å². The standard InChI is InChI=1S/C12H14BrNO/c1-14(2)12(15)11-7-10(11)8-4-3-5-9(13)6-8/h3-6,10-11H,7H2,1-2H3/t10-,11-/m0/s1. The zero-order valence-corrected chi connectivity index (χ0v) is 10.5. The second kappa shape index (κ2) is 3.97. The average Bonchev–Trinajstić information content (AvgIpc) is 2.96.